The number of amides is 1. The van der Waals surface area contributed by atoms with Crippen molar-refractivity contribution in [2.45, 2.75) is 58.9 Å². The summed E-state index contributed by atoms with van der Waals surface area (Å²) < 4.78 is 0. The number of rotatable bonds is 6. The normalized spacial score (nSPS) is 20.0. The van der Waals surface area contributed by atoms with Crippen molar-refractivity contribution in [2.75, 3.05) is 13.1 Å². The van der Waals surface area contributed by atoms with E-state index in [0.29, 0.717) is 18.7 Å². The lowest BCUT2D eigenvalue weighted by molar-refractivity contribution is -0.134. The molecule has 0 aliphatic carbocycles. The lowest BCUT2D eigenvalue weighted by Gasteiger charge is -2.42. The predicted molar refractivity (Wildman–Crippen MR) is 97.0 cm³/mol. The Morgan fingerprint density at radius 3 is 2.46 bits per heavy atom. The zero-order valence-corrected chi connectivity index (χ0v) is 15.2. The maximum Gasteiger partial charge on any atom is 0.223 e. The molecule has 1 atom stereocenters. The van der Waals surface area contributed by atoms with E-state index in [4.69, 9.17) is 5.73 Å². The minimum atomic E-state index is -0.0625. The van der Waals surface area contributed by atoms with Crippen LogP contribution >= 0.6 is 0 Å². The molecule has 0 saturated carbocycles. The molecular formula is C20H30N2O2. The van der Waals surface area contributed by atoms with Crippen LogP contribution in [0.1, 0.15) is 62.4 Å². The second kappa shape index (κ2) is 7.93. The van der Waals surface area contributed by atoms with Crippen LogP contribution in [0.15, 0.2) is 24.3 Å². The number of carbonyl (C=O) groups excluding carboxylic acids is 2. The van der Waals surface area contributed by atoms with Gasteiger partial charge in [0.05, 0.1) is 0 Å². The quantitative estimate of drug-likeness (QED) is 0.815. The molecule has 1 fully saturated rings. The van der Waals surface area contributed by atoms with Crippen LogP contribution < -0.4 is 5.73 Å². The van der Waals surface area contributed by atoms with Gasteiger partial charge in [-0.25, -0.2) is 0 Å². The largest absolute Gasteiger partial charge is 0.342 e. The molecule has 1 aromatic rings. The van der Waals surface area contributed by atoms with Gasteiger partial charge in [0, 0.05) is 37.5 Å². The van der Waals surface area contributed by atoms with E-state index in [9.17, 15) is 9.59 Å². The van der Waals surface area contributed by atoms with E-state index >= 15 is 0 Å². The van der Waals surface area contributed by atoms with Crippen LogP contribution in [-0.2, 0) is 11.2 Å². The average Bonchev–Trinajstić information content (AvgIpc) is 2.55. The number of benzene rings is 1. The Balaban J connectivity index is 1.86. The smallest absolute Gasteiger partial charge is 0.223 e. The van der Waals surface area contributed by atoms with Gasteiger partial charge in [-0.2, -0.15) is 0 Å². The molecule has 1 aromatic carbocycles. The summed E-state index contributed by atoms with van der Waals surface area (Å²) in [5, 5.41) is 0. The van der Waals surface area contributed by atoms with E-state index in [2.05, 4.69) is 20.8 Å². The summed E-state index contributed by atoms with van der Waals surface area (Å²) in [6.45, 7) is 7.70. The first kappa shape index (κ1) is 18.7. The van der Waals surface area contributed by atoms with Crippen molar-refractivity contribution in [1.82, 2.24) is 4.90 Å². The number of likely N-dealkylation sites (tertiary alicyclic amines) is 1. The molecule has 0 radical (unpaired) electrons. The Morgan fingerprint density at radius 2 is 1.88 bits per heavy atom. The topological polar surface area (TPSA) is 63.4 Å². The van der Waals surface area contributed by atoms with Gasteiger partial charge in [0.15, 0.2) is 5.78 Å². The first-order chi connectivity index (χ1) is 11.3. The number of hydrogen-bond donors (Lipinski definition) is 1. The molecule has 0 spiro atoms. The third-order valence-corrected chi connectivity index (χ3v) is 5.05. The van der Waals surface area contributed by atoms with Crippen molar-refractivity contribution in [1.29, 1.82) is 0 Å². The monoisotopic (exact) mass is 330 g/mol. The van der Waals surface area contributed by atoms with E-state index in [1.807, 2.05) is 29.2 Å². The van der Waals surface area contributed by atoms with Crippen LogP contribution in [0.5, 0.6) is 0 Å². The third-order valence-electron chi connectivity index (χ3n) is 5.05. The van der Waals surface area contributed by atoms with Crippen molar-refractivity contribution in [3.8, 4) is 0 Å². The van der Waals surface area contributed by atoms with Crippen molar-refractivity contribution < 1.29 is 9.59 Å². The second-order valence-corrected chi connectivity index (χ2v) is 7.57. The van der Waals surface area contributed by atoms with Crippen LogP contribution in [0.4, 0.5) is 0 Å². The molecule has 1 unspecified atom stereocenters. The maximum atomic E-state index is 12.4. The molecule has 4 nitrogen and oxygen atoms in total. The molecule has 2 rings (SSSR count). The van der Waals surface area contributed by atoms with E-state index in [1.54, 1.807) is 0 Å². The van der Waals surface area contributed by atoms with Crippen molar-refractivity contribution >= 4 is 11.7 Å². The molecule has 0 bridgehead atoms. The summed E-state index contributed by atoms with van der Waals surface area (Å²) >= 11 is 0. The predicted octanol–water partition coefficient (Wildman–Crippen LogP) is 3.19. The van der Waals surface area contributed by atoms with Gasteiger partial charge in [-0.15, -0.1) is 0 Å². The molecule has 1 saturated heterocycles. The van der Waals surface area contributed by atoms with Gasteiger partial charge in [-0.05, 0) is 23.8 Å². The highest BCUT2D eigenvalue weighted by Gasteiger charge is 2.35. The van der Waals surface area contributed by atoms with Crippen molar-refractivity contribution in [3.63, 3.8) is 0 Å². The number of carbonyl (C=O) groups is 2. The minimum absolute atomic E-state index is 0.0411. The summed E-state index contributed by atoms with van der Waals surface area (Å²) in [6.07, 6.45) is 3.50. The van der Waals surface area contributed by atoms with Crippen LogP contribution in [0.25, 0.3) is 0 Å². The molecule has 1 aliphatic heterocycles. The Hall–Kier alpha value is -1.68. The highest BCUT2D eigenvalue weighted by atomic mass is 16.2. The van der Waals surface area contributed by atoms with Crippen molar-refractivity contribution in [2.24, 2.45) is 11.1 Å². The fourth-order valence-electron chi connectivity index (χ4n) is 3.26. The molecule has 2 N–H and O–H groups in total. The van der Waals surface area contributed by atoms with Crippen molar-refractivity contribution in [3.05, 3.63) is 35.4 Å². The van der Waals surface area contributed by atoms with E-state index in [1.165, 1.54) is 5.56 Å². The minimum Gasteiger partial charge on any atom is -0.342 e. The Kier molecular flexibility index (Phi) is 6.16. The third kappa shape index (κ3) is 4.67. The van der Waals surface area contributed by atoms with Gasteiger partial charge in [-0.3, -0.25) is 9.59 Å². The molecular weight excluding hydrogens is 300 g/mol. The average molecular weight is 330 g/mol. The van der Waals surface area contributed by atoms with Gasteiger partial charge in [0.2, 0.25) is 5.91 Å². The highest BCUT2D eigenvalue weighted by molar-refractivity contribution is 5.98. The fourth-order valence-corrected chi connectivity index (χ4v) is 3.26. The standard InChI is InChI=1S/C20H30N2O2/c1-4-5-15-6-8-16(9-7-15)17(23)10-11-19(24)22-13-12-18(21)20(2,3)14-22/h6-9,18H,4-5,10-14,21H2,1-3H3. The number of aryl methyl sites for hydroxylation is 1. The van der Waals surface area contributed by atoms with Crippen LogP contribution in [0, 0.1) is 5.41 Å². The zero-order valence-electron chi connectivity index (χ0n) is 15.2. The second-order valence-electron chi connectivity index (χ2n) is 7.57. The lowest BCUT2D eigenvalue weighted by atomic mass is 9.79. The summed E-state index contributed by atoms with van der Waals surface area (Å²) in [6, 6.07) is 7.90. The number of nitrogens with two attached hydrogens (primary N) is 1. The van der Waals surface area contributed by atoms with E-state index in [-0.39, 0.29) is 36.0 Å². The Labute approximate surface area is 145 Å². The summed E-state index contributed by atoms with van der Waals surface area (Å²) in [7, 11) is 0. The molecule has 24 heavy (non-hydrogen) atoms. The number of hydrogen-bond acceptors (Lipinski definition) is 3. The lowest BCUT2D eigenvalue weighted by Crippen LogP contribution is -2.54. The molecule has 1 aliphatic rings. The zero-order chi connectivity index (χ0) is 17.7. The number of Topliss-reactive ketones (excluding diaryl/α,β-unsaturated/α-hetero) is 1. The van der Waals surface area contributed by atoms with Gasteiger partial charge >= 0.3 is 0 Å². The van der Waals surface area contributed by atoms with E-state index < -0.39 is 0 Å². The summed E-state index contributed by atoms with van der Waals surface area (Å²) in [4.78, 5) is 26.6. The SMILES string of the molecule is CCCc1ccc(C(=O)CCC(=O)N2CCC(N)C(C)(C)C2)cc1. The number of nitrogens with zero attached hydrogens (tertiary/aromatic N) is 1. The molecule has 1 heterocycles. The number of piperidine rings is 1. The Morgan fingerprint density at radius 1 is 1.21 bits per heavy atom. The van der Waals surface area contributed by atoms with Crippen LogP contribution in [-0.4, -0.2) is 35.7 Å². The Bertz CT molecular complexity index is 578. The fraction of sp³-hybridized carbons (Fsp3) is 0.600. The van der Waals surface area contributed by atoms with Gasteiger partial charge in [-0.1, -0.05) is 51.5 Å². The van der Waals surface area contributed by atoms with Gasteiger partial charge in [0.25, 0.3) is 0 Å². The molecule has 1 amide bonds. The summed E-state index contributed by atoms with van der Waals surface area (Å²) in [5.74, 6) is 0.102. The summed E-state index contributed by atoms with van der Waals surface area (Å²) in [5.41, 5.74) is 8.00. The van der Waals surface area contributed by atoms with Crippen LogP contribution in [0.2, 0.25) is 0 Å². The van der Waals surface area contributed by atoms with Gasteiger partial charge < -0.3 is 10.6 Å². The molecule has 4 heteroatoms. The van der Waals surface area contributed by atoms with Crippen LogP contribution in [0.3, 0.4) is 0 Å². The maximum absolute atomic E-state index is 12.4. The molecule has 0 aromatic heterocycles. The first-order valence-electron chi connectivity index (χ1n) is 8.99. The van der Waals surface area contributed by atoms with E-state index in [0.717, 1.165) is 19.3 Å². The molecule has 132 valence electrons. The first-order valence-corrected chi connectivity index (χ1v) is 8.99. The number of ketones is 1. The highest BCUT2D eigenvalue weighted by Crippen LogP contribution is 2.28. The van der Waals surface area contributed by atoms with Gasteiger partial charge in [0.1, 0.15) is 0 Å².